The smallest absolute Gasteiger partial charge is 0.414 e. The fourth-order valence-corrected chi connectivity index (χ4v) is 18.2. The third kappa shape index (κ3) is 8.19. The molecule has 1 aromatic rings. The Balaban J connectivity index is 2.02. The third-order valence-corrected chi connectivity index (χ3v) is 20.7. The number of alkyl halides is 17. The molecule has 9 nitrogen and oxygen atoms in total. The van der Waals surface area contributed by atoms with E-state index in [-0.39, 0.29) is 17.7 Å². The maximum atomic E-state index is 14.8. The molecule has 2 aliphatic rings. The van der Waals surface area contributed by atoms with Crippen molar-refractivity contribution < 1.29 is 97.1 Å². The summed E-state index contributed by atoms with van der Waals surface area (Å²) in [5, 5.41) is 0. The highest BCUT2D eigenvalue weighted by Gasteiger charge is 2.95. The molecule has 3 rings (SSSR count). The Morgan fingerprint density at radius 3 is 1.58 bits per heavy atom. The minimum atomic E-state index is -8.74. The van der Waals surface area contributed by atoms with E-state index in [1.54, 1.807) is 27.7 Å². The van der Waals surface area contributed by atoms with Gasteiger partial charge in [-0.1, -0.05) is 55.4 Å². The van der Waals surface area contributed by atoms with Gasteiger partial charge in [0, 0.05) is 25.3 Å². The van der Waals surface area contributed by atoms with E-state index in [9.17, 15) is 84.2 Å². The van der Waals surface area contributed by atoms with E-state index in [0.717, 1.165) is 16.8 Å². The van der Waals surface area contributed by atoms with Crippen LogP contribution in [0.1, 0.15) is 74.5 Å². The molecule has 0 amide bonds. The molecule has 0 aliphatic carbocycles. The Morgan fingerprint density at radius 2 is 1.15 bits per heavy atom. The molecule has 4 atom stereocenters. The molecular weight excluding hydrogens is 903 g/mol. The lowest BCUT2D eigenvalue weighted by Crippen LogP contribution is -2.74. The van der Waals surface area contributed by atoms with Gasteiger partial charge in [-0.3, -0.25) is 14.3 Å². The van der Waals surface area contributed by atoms with Crippen LogP contribution < -0.4 is 11.2 Å². The number of rotatable bonds is 16. The second kappa shape index (κ2) is 16.7. The van der Waals surface area contributed by atoms with Crippen molar-refractivity contribution >= 4 is 17.1 Å². The average Bonchev–Trinajstić information content (AvgIpc) is 3.40. The molecule has 0 saturated carbocycles. The lowest BCUT2D eigenvalue weighted by atomic mass is 9.88. The number of nitrogens with one attached hydrogen (secondary N) is 1. The van der Waals surface area contributed by atoms with Crippen molar-refractivity contribution in [1.29, 1.82) is 0 Å². The summed E-state index contributed by atoms with van der Waals surface area (Å²) in [6.07, 6.45) is -17.2. The Morgan fingerprint density at radius 1 is 0.700 bits per heavy atom. The van der Waals surface area contributed by atoms with Gasteiger partial charge in [0.25, 0.3) is 5.56 Å². The Hall–Kier alpha value is -2.28. The van der Waals surface area contributed by atoms with Gasteiger partial charge < -0.3 is 22.4 Å². The van der Waals surface area contributed by atoms with E-state index >= 15 is 0 Å². The number of fused-ring (bicyclic) bond motifs is 1. The van der Waals surface area contributed by atoms with E-state index < -0.39 is 131 Å². The summed E-state index contributed by atoms with van der Waals surface area (Å²) in [5.41, 5.74) is -3.24. The third-order valence-electron chi connectivity index (χ3n) is 10.5. The van der Waals surface area contributed by atoms with Crippen molar-refractivity contribution in [2.24, 2.45) is 0 Å². The number of aromatic amines is 1. The molecule has 2 aliphatic heterocycles. The summed E-state index contributed by atoms with van der Waals surface area (Å²) < 4.78 is 268. The van der Waals surface area contributed by atoms with Crippen molar-refractivity contribution in [3.63, 3.8) is 0 Å². The molecule has 2 saturated heterocycles. The van der Waals surface area contributed by atoms with Crippen molar-refractivity contribution in [3.05, 3.63) is 33.1 Å². The van der Waals surface area contributed by atoms with Crippen LogP contribution in [0.15, 0.2) is 21.9 Å². The summed E-state index contributed by atoms with van der Waals surface area (Å²) >= 11 is 0. The Kier molecular flexibility index (Phi) is 14.5. The summed E-state index contributed by atoms with van der Waals surface area (Å²) in [7, 11) is -6.89. The van der Waals surface area contributed by atoms with E-state index in [1.165, 1.54) is 0 Å². The van der Waals surface area contributed by atoms with Gasteiger partial charge in [0.1, 0.15) is 18.3 Å². The lowest BCUT2D eigenvalue weighted by Gasteiger charge is -2.51. The van der Waals surface area contributed by atoms with Gasteiger partial charge >= 0.3 is 70.4 Å². The zero-order valence-corrected chi connectivity index (χ0v) is 34.8. The van der Waals surface area contributed by atoms with Crippen molar-refractivity contribution in [2.45, 2.75) is 163 Å². The lowest BCUT2D eigenvalue weighted by molar-refractivity contribution is -0.461. The molecule has 1 N–H and O–H groups in total. The van der Waals surface area contributed by atoms with E-state index in [1.807, 2.05) is 32.7 Å². The maximum absolute atomic E-state index is 14.8. The zero-order chi connectivity index (χ0) is 46.8. The van der Waals surface area contributed by atoms with Crippen LogP contribution in [0.25, 0.3) is 0 Å². The number of H-pyrrole nitrogens is 1. The zero-order valence-electron chi connectivity index (χ0n) is 32.8. The minimum absolute atomic E-state index is 0.205. The van der Waals surface area contributed by atoms with Gasteiger partial charge in [-0.25, -0.2) is 4.79 Å². The predicted molar refractivity (Wildman–Crippen MR) is 179 cm³/mol. The molecule has 350 valence electrons. The van der Waals surface area contributed by atoms with Gasteiger partial charge in [0.15, 0.2) is 6.23 Å². The minimum Gasteiger partial charge on any atom is -0.414 e. The molecule has 0 aromatic carbocycles. The van der Waals surface area contributed by atoms with Gasteiger partial charge in [0.2, 0.25) is 0 Å². The normalized spacial score (nSPS) is 24.0. The first-order valence-electron chi connectivity index (χ1n) is 18.1. The van der Waals surface area contributed by atoms with Gasteiger partial charge in [-0.2, -0.15) is 74.6 Å². The monoisotopic (exact) mass is 946 g/mol. The molecule has 0 spiro atoms. The molecule has 2 fully saturated rings. The number of hydrogen-bond acceptors (Lipinski definition) is 7. The van der Waals surface area contributed by atoms with Gasteiger partial charge in [-0.15, -0.1) is 0 Å². The summed E-state index contributed by atoms with van der Waals surface area (Å²) in [6.45, 7) is 12.9. The van der Waals surface area contributed by atoms with Crippen LogP contribution in [0.2, 0.25) is 22.2 Å². The van der Waals surface area contributed by atoms with Crippen LogP contribution in [0.5, 0.6) is 0 Å². The highest BCUT2D eigenvalue weighted by atomic mass is 28.5. The highest BCUT2D eigenvalue weighted by molar-refractivity contribution is 6.84. The number of hydrogen-bond donors (Lipinski definition) is 1. The maximum Gasteiger partial charge on any atom is 0.460 e. The second-order valence-corrected chi connectivity index (χ2v) is 24.6. The van der Waals surface area contributed by atoms with Crippen LogP contribution in [0.3, 0.4) is 0 Å². The molecule has 4 unspecified atom stereocenters. The first-order valence-corrected chi connectivity index (χ1v) is 22.0. The molecule has 3 heterocycles. The van der Waals surface area contributed by atoms with Crippen molar-refractivity contribution in [3.8, 4) is 0 Å². The van der Waals surface area contributed by atoms with Crippen LogP contribution in [0, 0.1) is 0 Å². The molecule has 0 radical (unpaired) electrons. The fraction of sp³-hybridized carbons (Fsp3) is 0.875. The Bertz CT molecular complexity index is 1760. The van der Waals surface area contributed by atoms with Crippen LogP contribution >= 0.6 is 0 Å². The number of aromatic nitrogens is 2. The van der Waals surface area contributed by atoms with Gasteiger partial charge in [-0.05, 0) is 28.6 Å². The SMILES string of the molecule is CC(C)[Si]1(C(C)C)OCC2OC(n3ccc(=O)[nH]c3=O)C(OCCCC(F)(F)C(F)(F)C(F)(F)C(F)(F)C(F)(F)C(F)(F)C(F)(F)C(F)(F)F)C2O[Si](C(C)C)(C(C)C)O1. The fourth-order valence-electron chi connectivity index (χ4n) is 7.02. The molecular formula is C32H43F17N2O7Si2. The van der Waals surface area contributed by atoms with E-state index in [2.05, 4.69) is 0 Å². The summed E-state index contributed by atoms with van der Waals surface area (Å²) in [6, 6.07) is 0.849. The second-order valence-electron chi connectivity index (χ2n) is 15.7. The topological polar surface area (TPSA) is 101 Å². The summed E-state index contributed by atoms with van der Waals surface area (Å²) in [4.78, 5) is 26.7. The van der Waals surface area contributed by atoms with Gasteiger partial charge in [0.05, 0.1) is 6.61 Å². The predicted octanol–water partition coefficient (Wildman–Crippen LogP) is 9.57. The van der Waals surface area contributed by atoms with Crippen LogP contribution in [-0.2, 0) is 22.4 Å². The van der Waals surface area contributed by atoms with Crippen LogP contribution in [-0.4, -0.2) is 106 Å². The standard InChI is InChI=1S/C32H43F17N2O7Si2/c1-15(2)59(16(3)4)55-14-19-21(57-60(58-59,17(5)6)18(7)8)22(23(56-19)51-12-10-20(52)50-24(51)53)54-13-9-11-25(33,34)26(35,36)27(37,38)28(39,40)29(41,42)30(43,44)31(45,46)32(47,48)49/h10,12,15-19,21-23H,9,11,13-14H2,1-8H3,(H,50,52,53). The Labute approximate surface area is 332 Å². The average molecular weight is 947 g/mol. The highest BCUT2D eigenvalue weighted by Crippen LogP contribution is 2.64. The van der Waals surface area contributed by atoms with Crippen molar-refractivity contribution in [1.82, 2.24) is 9.55 Å². The first kappa shape index (κ1) is 52.1. The molecule has 0 bridgehead atoms. The first-order chi connectivity index (χ1) is 26.8. The van der Waals surface area contributed by atoms with Crippen LogP contribution in [0.4, 0.5) is 74.6 Å². The number of ether oxygens (including phenoxy) is 2. The molecule has 1 aromatic heterocycles. The summed E-state index contributed by atoms with van der Waals surface area (Å²) in [5.74, 6) is -57.2. The molecule has 60 heavy (non-hydrogen) atoms. The number of nitrogens with zero attached hydrogens (tertiary/aromatic N) is 1. The largest absolute Gasteiger partial charge is 0.460 e. The van der Waals surface area contributed by atoms with E-state index in [4.69, 9.17) is 22.4 Å². The quantitative estimate of drug-likeness (QED) is 0.100. The van der Waals surface area contributed by atoms with Crippen molar-refractivity contribution in [2.75, 3.05) is 13.2 Å². The molecule has 28 heteroatoms. The number of halogens is 17. The van der Waals surface area contributed by atoms with E-state index in [0.29, 0.717) is 0 Å².